The predicted octanol–water partition coefficient (Wildman–Crippen LogP) is 0.992. The third-order valence-corrected chi connectivity index (χ3v) is 4.89. The fourth-order valence-corrected chi connectivity index (χ4v) is 3.81. The van der Waals surface area contributed by atoms with Crippen molar-refractivity contribution in [3.8, 4) is 0 Å². The van der Waals surface area contributed by atoms with Crippen LogP contribution in [0.1, 0.15) is 26.2 Å². The molecule has 3 saturated carbocycles. The highest BCUT2D eigenvalue weighted by Gasteiger charge is 2.71. The minimum atomic E-state index is 0.693. The first-order valence-corrected chi connectivity index (χ1v) is 5.82. The molecule has 0 bridgehead atoms. The first-order chi connectivity index (χ1) is 6.63. The Balaban J connectivity index is 1.51. The van der Waals surface area contributed by atoms with Gasteiger partial charge in [0.15, 0.2) is 0 Å². The lowest BCUT2D eigenvalue weighted by molar-refractivity contribution is -0.0936. The summed E-state index contributed by atoms with van der Waals surface area (Å²) in [5.74, 6) is 3.13. The summed E-state index contributed by atoms with van der Waals surface area (Å²) in [7, 11) is 4.04. The van der Waals surface area contributed by atoms with Crippen LogP contribution in [0, 0.1) is 23.2 Å². The van der Waals surface area contributed by atoms with Crippen LogP contribution in [0.3, 0.4) is 0 Å². The Morgan fingerprint density at radius 1 is 1.29 bits per heavy atom. The van der Waals surface area contributed by atoms with Gasteiger partial charge < -0.3 is 0 Å². The van der Waals surface area contributed by atoms with Gasteiger partial charge in [-0.1, -0.05) is 6.92 Å². The molecule has 0 heterocycles. The Kier molecular flexibility index (Phi) is 1.77. The van der Waals surface area contributed by atoms with Crippen LogP contribution in [-0.2, 0) is 0 Å². The number of hydrogen-bond acceptors (Lipinski definition) is 3. The summed E-state index contributed by atoms with van der Waals surface area (Å²) >= 11 is 0. The van der Waals surface area contributed by atoms with E-state index in [0.29, 0.717) is 6.04 Å². The molecule has 3 fully saturated rings. The molecule has 14 heavy (non-hydrogen) atoms. The molecule has 3 heteroatoms. The molecule has 0 aromatic rings. The second-order valence-corrected chi connectivity index (χ2v) is 5.79. The Morgan fingerprint density at radius 2 is 2.07 bits per heavy atom. The molecule has 0 amide bonds. The van der Waals surface area contributed by atoms with E-state index in [4.69, 9.17) is 0 Å². The first-order valence-electron chi connectivity index (χ1n) is 5.82. The van der Waals surface area contributed by atoms with Crippen molar-refractivity contribution in [2.75, 3.05) is 14.1 Å². The van der Waals surface area contributed by atoms with Gasteiger partial charge in [0.25, 0.3) is 0 Å². The number of hydrazine groups is 2. The highest BCUT2D eigenvalue weighted by atomic mass is 15.7. The summed E-state index contributed by atoms with van der Waals surface area (Å²) in [5.41, 5.74) is 7.36. The average molecular weight is 195 g/mol. The summed E-state index contributed by atoms with van der Waals surface area (Å²) < 4.78 is 0. The maximum Gasteiger partial charge on any atom is 0.0262 e. The Bertz CT molecular complexity index is 253. The highest BCUT2D eigenvalue weighted by molar-refractivity contribution is 5.21. The predicted molar refractivity (Wildman–Crippen MR) is 56.2 cm³/mol. The number of hydrogen-bond donors (Lipinski definition) is 2. The fourth-order valence-electron chi connectivity index (χ4n) is 3.81. The van der Waals surface area contributed by atoms with E-state index >= 15 is 0 Å². The molecular formula is C11H21N3. The smallest absolute Gasteiger partial charge is 0.0262 e. The molecule has 80 valence electrons. The number of nitrogens with one attached hydrogen (secondary N) is 2. The lowest BCUT2D eigenvalue weighted by Gasteiger charge is -2.59. The van der Waals surface area contributed by atoms with Crippen LogP contribution in [0.15, 0.2) is 0 Å². The zero-order chi connectivity index (χ0) is 9.92. The average Bonchev–Trinajstić information content (AvgIpc) is 2.75. The van der Waals surface area contributed by atoms with Gasteiger partial charge in [0.2, 0.25) is 0 Å². The molecule has 3 aliphatic carbocycles. The molecule has 2 N–H and O–H groups in total. The van der Waals surface area contributed by atoms with Crippen molar-refractivity contribution in [1.29, 1.82) is 0 Å². The molecular weight excluding hydrogens is 174 g/mol. The Morgan fingerprint density at radius 3 is 2.50 bits per heavy atom. The van der Waals surface area contributed by atoms with Gasteiger partial charge in [-0.15, -0.1) is 0 Å². The van der Waals surface area contributed by atoms with E-state index in [2.05, 4.69) is 17.9 Å². The molecule has 3 rings (SSSR count). The molecule has 3 nitrogen and oxygen atoms in total. The van der Waals surface area contributed by atoms with Crippen molar-refractivity contribution >= 4 is 0 Å². The molecule has 0 aromatic heterocycles. The van der Waals surface area contributed by atoms with Crippen molar-refractivity contribution in [3.63, 3.8) is 0 Å². The molecule has 1 spiro atoms. The van der Waals surface area contributed by atoms with E-state index in [9.17, 15) is 0 Å². The van der Waals surface area contributed by atoms with Gasteiger partial charge in [0.05, 0.1) is 0 Å². The monoisotopic (exact) mass is 195 g/mol. The highest BCUT2D eigenvalue weighted by Crippen LogP contribution is 2.76. The van der Waals surface area contributed by atoms with Gasteiger partial charge >= 0.3 is 0 Å². The van der Waals surface area contributed by atoms with Gasteiger partial charge in [-0.05, 0) is 42.4 Å². The van der Waals surface area contributed by atoms with Gasteiger partial charge in [-0.2, -0.15) is 5.53 Å². The van der Waals surface area contributed by atoms with Crippen LogP contribution in [0.2, 0.25) is 0 Å². The van der Waals surface area contributed by atoms with E-state index in [1.807, 2.05) is 19.1 Å². The summed E-state index contributed by atoms with van der Waals surface area (Å²) in [6.07, 6.45) is 4.47. The number of nitrogens with zero attached hydrogens (tertiary/aromatic N) is 1. The van der Waals surface area contributed by atoms with Crippen molar-refractivity contribution in [2.24, 2.45) is 23.2 Å². The Hall–Kier alpha value is -0.120. The first kappa shape index (κ1) is 9.13. The van der Waals surface area contributed by atoms with E-state index < -0.39 is 0 Å². The second kappa shape index (κ2) is 2.71. The SMILES string of the molecule is CC1C(NNN(C)C)CC12C[C@@H]1CC12. The van der Waals surface area contributed by atoms with Crippen LogP contribution in [-0.4, -0.2) is 25.1 Å². The van der Waals surface area contributed by atoms with Gasteiger partial charge in [0.1, 0.15) is 0 Å². The maximum atomic E-state index is 3.41. The second-order valence-electron chi connectivity index (χ2n) is 5.79. The lowest BCUT2D eigenvalue weighted by atomic mass is 9.48. The van der Waals surface area contributed by atoms with E-state index in [1.54, 1.807) is 0 Å². The van der Waals surface area contributed by atoms with Crippen LogP contribution in [0.4, 0.5) is 0 Å². The summed E-state index contributed by atoms with van der Waals surface area (Å²) in [6, 6.07) is 0.693. The van der Waals surface area contributed by atoms with E-state index in [1.165, 1.54) is 19.3 Å². The Labute approximate surface area is 86.2 Å². The van der Waals surface area contributed by atoms with Crippen molar-refractivity contribution in [3.05, 3.63) is 0 Å². The zero-order valence-corrected chi connectivity index (χ0v) is 9.38. The standard InChI is InChI=1S/C11H21N3/c1-7-10(12-13-14(2)3)6-11(7)5-8-4-9(8)11/h7-10,12-13H,4-6H2,1-3H3/t7?,8-,9?,10?,11?/m0/s1. The summed E-state index contributed by atoms with van der Waals surface area (Å²) in [4.78, 5) is 0. The normalized spacial score (nSPS) is 54.0. The quantitative estimate of drug-likeness (QED) is 0.658. The molecule has 0 aromatic carbocycles. The summed E-state index contributed by atoms with van der Waals surface area (Å²) in [5, 5.41) is 1.97. The van der Waals surface area contributed by atoms with Crippen LogP contribution in [0.5, 0.6) is 0 Å². The van der Waals surface area contributed by atoms with Crippen LogP contribution >= 0.6 is 0 Å². The van der Waals surface area contributed by atoms with Gasteiger partial charge in [-0.25, -0.2) is 10.4 Å². The van der Waals surface area contributed by atoms with Crippen molar-refractivity contribution < 1.29 is 0 Å². The number of rotatable bonds is 3. The fraction of sp³-hybridized carbons (Fsp3) is 1.00. The lowest BCUT2D eigenvalue weighted by Crippen LogP contribution is -2.64. The minimum Gasteiger partial charge on any atom is -0.241 e. The number of fused-ring (bicyclic) bond motifs is 2. The zero-order valence-electron chi connectivity index (χ0n) is 9.38. The molecule has 0 saturated heterocycles. The molecule has 0 radical (unpaired) electrons. The maximum absolute atomic E-state index is 3.41. The van der Waals surface area contributed by atoms with Crippen molar-refractivity contribution in [2.45, 2.75) is 32.2 Å². The van der Waals surface area contributed by atoms with E-state index in [-0.39, 0.29) is 0 Å². The molecule has 3 aliphatic rings. The third kappa shape index (κ3) is 1.03. The third-order valence-electron chi connectivity index (χ3n) is 4.89. The van der Waals surface area contributed by atoms with E-state index in [0.717, 1.165) is 23.2 Å². The molecule has 5 atom stereocenters. The van der Waals surface area contributed by atoms with Crippen molar-refractivity contribution in [1.82, 2.24) is 16.0 Å². The van der Waals surface area contributed by atoms with Crippen LogP contribution < -0.4 is 11.0 Å². The molecule has 0 aliphatic heterocycles. The van der Waals surface area contributed by atoms with Gasteiger partial charge in [0, 0.05) is 20.1 Å². The largest absolute Gasteiger partial charge is 0.241 e. The van der Waals surface area contributed by atoms with Gasteiger partial charge in [-0.3, -0.25) is 0 Å². The topological polar surface area (TPSA) is 27.3 Å². The minimum absolute atomic E-state index is 0.693. The van der Waals surface area contributed by atoms with Crippen LogP contribution in [0.25, 0.3) is 0 Å². The molecule has 4 unspecified atom stereocenters. The summed E-state index contributed by atoms with van der Waals surface area (Å²) in [6.45, 7) is 2.42.